The van der Waals surface area contributed by atoms with Gasteiger partial charge in [-0.1, -0.05) is 23.7 Å². The zero-order chi connectivity index (χ0) is 13.1. The monoisotopic (exact) mass is 282 g/mol. The molecule has 0 bridgehead atoms. The molecule has 18 heavy (non-hydrogen) atoms. The first-order chi connectivity index (χ1) is 8.56. The average Bonchev–Trinajstić information content (AvgIpc) is 2.62. The molecule has 2 rings (SSSR count). The van der Waals surface area contributed by atoms with E-state index < -0.39 is 5.97 Å². The number of carbonyl (C=O) groups is 1. The van der Waals surface area contributed by atoms with Crippen LogP contribution in [0.25, 0.3) is 0 Å². The number of para-hydroxylation sites is 1. The van der Waals surface area contributed by atoms with Gasteiger partial charge in [-0.2, -0.15) is 0 Å². The summed E-state index contributed by atoms with van der Waals surface area (Å²) in [6.45, 7) is 1.80. The van der Waals surface area contributed by atoms with Crippen molar-refractivity contribution in [1.29, 1.82) is 0 Å². The highest BCUT2D eigenvalue weighted by Gasteiger charge is 2.11. The number of hydrogen-bond acceptors (Lipinski definition) is 4. The molecular formula is C12H11ClN2O2S. The second-order valence-electron chi connectivity index (χ2n) is 3.70. The summed E-state index contributed by atoms with van der Waals surface area (Å²) in [5.74, 6) is -0.856. The Labute approximate surface area is 113 Å². The summed E-state index contributed by atoms with van der Waals surface area (Å²) in [6, 6.07) is 7.34. The Kier molecular flexibility index (Phi) is 3.84. The van der Waals surface area contributed by atoms with Crippen molar-refractivity contribution in [2.24, 2.45) is 0 Å². The molecule has 0 aliphatic heterocycles. The second-order valence-corrected chi connectivity index (χ2v) is 5.19. The van der Waals surface area contributed by atoms with Gasteiger partial charge in [-0.3, -0.25) is 4.79 Å². The molecular weight excluding hydrogens is 272 g/mol. The minimum absolute atomic E-state index is 0.00625. The number of anilines is 2. The minimum atomic E-state index is -0.856. The maximum Gasteiger partial charge on any atom is 0.308 e. The molecule has 0 spiro atoms. The van der Waals surface area contributed by atoms with Crippen LogP contribution in [0.5, 0.6) is 0 Å². The molecule has 0 saturated heterocycles. The zero-order valence-corrected chi connectivity index (χ0v) is 11.2. The van der Waals surface area contributed by atoms with Gasteiger partial charge in [-0.25, -0.2) is 4.98 Å². The summed E-state index contributed by atoms with van der Waals surface area (Å²) in [6.07, 6.45) is -0.00625. The van der Waals surface area contributed by atoms with E-state index >= 15 is 0 Å². The van der Waals surface area contributed by atoms with Crippen LogP contribution in [0.2, 0.25) is 5.02 Å². The molecule has 94 valence electrons. The predicted molar refractivity (Wildman–Crippen MR) is 72.9 cm³/mol. The van der Waals surface area contributed by atoms with Gasteiger partial charge in [0.25, 0.3) is 0 Å². The lowest BCUT2D eigenvalue weighted by molar-refractivity contribution is -0.136. The standard InChI is InChI=1S/C12H11ClN2O2S/c1-7-10(6-11(16)17)18-12(14-7)15-9-5-3-2-4-8(9)13/h2-5H,6H2,1H3,(H,14,15)(H,16,17). The summed E-state index contributed by atoms with van der Waals surface area (Å²) in [5.41, 5.74) is 1.49. The van der Waals surface area contributed by atoms with Crippen LogP contribution in [-0.4, -0.2) is 16.1 Å². The molecule has 1 aromatic heterocycles. The van der Waals surface area contributed by atoms with E-state index in [0.29, 0.717) is 10.2 Å². The fourth-order valence-corrected chi connectivity index (χ4v) is 2.61. The van der Waals surface area contributed by atoms with Crippen molar-refractivity contribution < 1.29 is 9.90 Å². The van der Waals surface area contributed by atoms with Crippen LogP contribution in [-0.2, 0) is 11.2 Å². The van der Waals surface area contributed by atoms with Gasteiger partial charge in [0.2, 0.25) is 0 Å². The van der Waals surface area contributed by atoms with Crippen LogP contribution in [0.4, 0.5) is 10.8 Å². The normalized spacial score (nSPS) is 10.3. The molecule has 1 heterocycles. The molecule has 2 N–H and O–H groups in total. The van der Waals surface area contributed by atoms with Crippen LogP contribution < -0.4 is 5.32 Å². The number of benzene rings is 1. The number of carboxylic acids is 1. The number of rotatable bonds is 4. The number of thiazole rings is 1. The van der Waals surface area contributed by atoms with E-state index in [-0.39, 0.29) is 6.42 Å². The molecule has 0 saturated carbocycles. The van der Waals surface area contributed by atoms with Crippen molar-refractivity contribution in [2.75, 3.05) is 5.32 Å². The number of halogens is 1. The molecule has 1 aromatic carbocycles. The van der Waals surface area contributed by atoms with Crippen molar-refractivity contribution >= 4 is 39.7 Å². The van der Waals surface area contributed by atoms with Crippen LogP contribution >= 0.6 is 22.9 Å². The van der Waals surface area contributed by atoms with Gasteiger partial charge in [0.1, 0.15) is 0 Å². The van der Waals surface area contributed by atoms with E-state index in [1.165, 1.54) is 11.3 Å². The third kappa shape index (κ3) is 3.00. The van der Waals surface area contributed by atoms with Crippen LogP contribution in [0, 0.1) is 6.92 Å². The first-order valence-corrected chi connectivity index (χ1v) is 6.45. The molecule has 6 heteroatoms. The van der Waals surface area contributed by atoms with E-state index in [0.717, 1.165) is 16.3 Å². The maximum atomic E-state index is 10.7. The maximum absolute atomic E-state index is 10.7. The summed E-state index contributed by atoms with van der Waals surface area (Å²) < 4.78 is 0. The number of aromatic nitrogens is 1. The quantitative estimate of drug-likeness (QED) is 0.901. The first kappa shape index (κ1) is 12.9. The molecule has 2 aromatic rings. The van der Waals surface area contributed by atoms with E-state index in [1.807, 2.05) is 18.2 Å². The van der Waals surface area contributed by atoms with Crippen LogP contribution in [0.1, 0.15) is 10.6 Å². The van der Waals surface area contributed by atoms with Gasteiger partial charge >= 0.3 is 5.97 Å². The highest BCUT2D eigenvalue weighted by atomic mass is 35.5. The highest BCUT2D eigenvalue weighted by molar-refractivity contribution is 7.15. The van der Waals surface area contributed by atoms with Crippen molar-refractivity contribution in [3.8, 4) is 0 Å². The second kappa shape index (κ2) is 5.37. The Bertz CT molecular complexity index is 583. The van der Waals surface area contributed by atoms with Crippen LogP contribution in [0.3, 0.4) is 0 Å². The zero-order valence-electron chi connectivity index (χ0n) is 9.61. The third-order valence-corrected chi connectivity index (χ3v) is 3.72. The van der Waals surface area contributed by atoms with E-state index in [4.69, 9.17) is 16.7 Å². The number of aryl methyl sites for hydroxylation is 1. The predicted octanol–water partition coefficient (Wildman–Crippen LogP) is 3.48. The molecule has 0 atom stereocenters. The van der Waals surface area contributed by atoms with Gasteiger partial charge in [-0.05, 0) is 19.1 Å². The third-order valence-electron chi connectivity index (χ3n) is 2.32. The Hall–Kier alpha value is -1.59. The largest absolute Gasteiger partial charge is 0.481 e. The Morgan fingerprint density at radius 2 is 2.22 bits per heavy atom. The van der Waals surface area contributed by atoms with Gasteiger partial charge in [-0.15, -0.1) is 11.3 Å². The minimum Gasteiger partial charge on any atom is -0.481 e. The van der Waals surface area contributed by atoms with Crippen molar-refractivity contribution in [3.63, 3.8) is 0 Å². The van der Waals surface area contributed by atoms with E-state index in [1.54, 1.807) is 13.0 Å². The highest BCUT2D eigenvalue weighted by Crippen LogP contribution is 2.29. The van der Waals surface area contributed by atoms with Gasteiger partial charge in [0, 0.05) is 4.88 Å². The SMILES string of the molecule is Cc1nc(Nc2ccccc2Cl)sc1CC(=O)O. The fourth-order valence-electron chi connectivity index (χ4n) is 1.46. The lowest BCUT2D eigenvalue weighted by Gasteiger charge is -2.03. The molecule has 0 aliphatic carbocycles. The van der Waals surface area contributed by atoms with E-state index in [2.05, 4.69) is 10.3 Å². The van der Waals surface area contributed by atoms with E-state index in [9.17, 15) is 4.79 Å². The van der Waals surface area contributed by atoms with Gasteiger partial charge in [0.05, 0.1) is 22.8 Å². The van der Waals surface area contributed by atoms with Crippen molar-refractivity contribution in [2.45, 2.75) is 13.3 Å². The number of aliphatic carboxylic acids is 1. The summed E-state index contributed by atoms with van der Waals surface area (Å²) >= 11 is 7.35. The lowest BCUT2D eigenvalue weighted by Crippen LogP contribution is -1.99. The average molecular weight is 283 g/mol. The topological polar surface area (TPSA) is 62.2 Å². The first-order valence-electron chi connectivity index (χ1n) is 5.26. The molecule has 0 radical (unpaired) electrons. The number of nitrogens with zero attached hydrogens (tertiary/aromatic N) is 1. The van der Waals surface area contributed by atoms with Crippen molar-refractivity contribution in [3.05, 3.63) is 39.9 Å². The Morgan fingerprint density at radius 3 is 2.89 bits per heavy atom. The number of carboxylic acid groups (broad SMARTS) is 1. The van der Waals surface area contributed by atoms with Gasteiger partial charge < -0.3 is 10.4 Å². The Morgan fingerprint density at radius 1 is 1.50 bits per heavy atom. The molecule has 0 aliphatic rings. The summed E-state index contributed by atoms with van der Waals surface area (Å²) in [4.78, 5) is 15.7. The molecule has 0 unspecified atom stereocenters. The molecule has 0 fully saturated rings. The number of hydrogen-bond donors (Lipinski definition) is 2. The molecule has 0 amide bonds. The summed E-state index contributed by atoms with van der Waals surface area (Å²) in [5, 5.41) is 13.1. The molecule has 4 nitrogen and oxygen atoms in total. The van der Waals surface area contributed by atoms with Crippen molar-refractivity contribution in [1.82, 2.24) is 4.98 Å². The van der Waals surface area contributed by atoms with Crippen LogP contribution in [0.15, 0.2) is 24.3 Å². The lowest BCUT2D eigenvalue weighted by atomic mass is 10.3. The fraction of sp³-hybridized carbons (Fsp3) is 0.167. The number of nitrogens with one attached hydrogen (secondary N) is 1. The smallest absolute Gasteiger partial charge is 0.308 e. The Balaban J connectivity index is 2.20. The summed E-state index contributed by atoms with van der Waals surface area (Å²) in [7, 11) is 0. The van der Waals surface area contributed by atoms with Gasteiger partial charge in [0.15, 0.2) is 5.13 Å².